The van der Waals surface area contributed by atoms with E-state index in [2.05, 4.69) is 25.2 Å². The molecule has 1 fully saturated rings. The summed E-state index contributed by atoms with van der Waals surface area (Å²) in [6.07, 6.45) is 6.89. The van der Waals surface area contributed by atoms with Crippen LogP contribution in [0.4, 0.5) is 11.5 Å². The van der Waals surface area contributed by atoms with Crippen LogP contribution in [-0.2, 0) is 11.3 Å². The number of fused-ring (bicyclic) bond motifs is 1. The van der Waals surface area contributed by atoms with Crippen LogP contribution in [0.1, 0.15) is 25.7 Å². The van der Waals surface area contributed by atoms with Gasteiger partial charge in [-0.15, -0.1) is 0 Å². The van der Waals surface area contributed by atoms with E-state index in [4.69, 9.17) is 0 Å². The first-order chi connectivity index (χ1) is 16.2. The third-order valence-electron chi connectivity index (χ3n) is 6.03. The van der Waals surface area contributed by atoms with Gasteiger partial charge in [-0.2, -0.15) is 0 Å². The predicted octanol–water partition coefficient (Wildman–Crippen LogP) is 3.81. The number of aryl methyl sites for hydroxylation is 1. The molecule has 3 heterocycles. The summed E-state index contributed by atoms with van der Waals surface area (Å²) in [5, 5.41) is 2.92. The van der Waals surface area contributed by atoms with Crippen molar-refractivity contribution in [2.75, 3.05) is 23.3 Å². The maximum Gasteiger partial charge on any atom is 0.294 e. The first-order valence-electron chi connectivity index (χ1n) is 11.3. The summed E-state index contributed by atoms with van der Waals surface area (Å²) in [4.78, 5) is 39.8. The molecule has 0 radical (unpaired) electrons. The Bertz CT molecular complexity index is 1310. The largest absolute Gasteiger partial charge is 0.352 e. The fourth-order valence-electron chi connectivity index (χ4n) is 4.30. The Morgan fingerprint density at radius 1 is 1.03 bits per heavy atom. The average Bonchev–Trinajstić information content (AvgIpc) is 3.39. The number of rotatable bonds is 6. The van der Waals surface area contributed by atoms with Crippen molar-refractivity contribution < 1.29 is 4.79 Å². The molecule has 0 unspecified atom stereocenters. The summed E-state index contributed by atoms with van der Waals surface area (Å²) >= 11 is 0. The van der Waals surface area contributed by atoms with Crippen molar-refractivity contribution in [3.63, 3.8) is 0 Å². The number of para-hydroxylation sites is 2. The quantitative estimate of drug-likeness (QED) is 0.473. The maximum absolute atomic E-state index is 13.3. The molecule has 0 bridgehead atoms. The minimum absolute atomic E-state index is 0.132. The van der Waals surface area contributed by atoms with Gasteiger partial charge in [-0.1, -0.05) is 24.3 Å². The Kier molecular flexibility index (Phi) is 5.89. The number of carbonyl (C=O) groups is 1. The van der Waals surface area contributed by atoms with Gasteiger partial charge in [0, 0.05) is 31.7 Å². The molecule has 0 aliphatic carbocycles. The number of piperidine rings is 1. The summed E-state index contributed by atoms with van der Waals surface area (Å²) < 4.78 is 1.69. The molecule has 1 aliphatic rings. The van der Waals surface area contributed by atoms with E-state index in [1.807, 2.05) is 48.5 Å². The number of imidazole rings is 1. The molecule has 1 aliphatic heterocycles. The van der Waals surface area contributed by atoms with Crippen LogP contribution in [0, 0.1) is 0 Å². The first kappa shape index (κ1) is 20.9. The van der Waals surface area contributed by atoms with Gasteiger partial charge in [-0.25, -0.2) is 9.97 Å². The Balaban J connectivity index is 1.33. The summed E-state index contributed by atoms with van der Waals surface area (Å²) in [7, 11) is 0. The molecule has 2 aromatic carbocycles. The molecular weight excluding hydrogens is 416 g/mol. The van der Waals surface area contributed by atoms with Crippen LogP contribution < -0.4 is 15.8 Å². The number of nitrogens with zero attached hydrogens (tertiary/aromatic N) is 4. The zero-order chi connectivity index (χ0) is 22.6. The molecule has 8 nitrogen and oxygen atoms in total. The van der Waals surface area contributed by atoms with Gasteiger partial charge in [-0.3, -0.25) is 9.59 Å². The van der Waals surface area contributed by atoms with Crippen LogP contribution in [0.5, 0.6) is 0 Å². The summed E-state index contributed by atoms with van der Waals surface area (Å²) in [6.45, 7) is 1.98. The third-order valence-corrected chi connectivity index (χ3v) is 6.03. The number of hydrogen-bond acceptors (Lipinski definition) is 5. The van der Waals surface area contributed by atoms with E-state index in [1.165, 1.54) is 6.42 Å². The number of anilines is 2. The molecule has 2 N–H and O–H groups in total. The number of H-pyrrole nitrogens is 1. The highest BCUT2D eigenvalue weighted by atomic mass is 16.2. The van der Waals surface area contributed by atoms with E-state index in [-0.39, 0.29) is 17.9 Å². The Morgan fingerprint density at radius 3 is 2.58 bits per heavy atom. The number of benzene rings is 2. The molecule has 8 heteroatoms. The fraction of sp³-hybridized carbons (Fsp3) is 0.280. The van der Waals surface area contributed by atoms with Crippen LogP contribution in [0.3, 0.4) is 0 Å². The van der Waals surface area contributed by atoms with Crippen LogP contribution in [0.2, 0.25) is 0 Å². The lowest BCUT2D eigenvalue weighted by atomic mass is 10.1. The van der Waals surface area contributed by atoms with E-state index in [9.17, 15) is 9.59 Å². The van der Waals surface area contributed by atoms with Gasteiger partial charge in [0.05, 0.1) is 29.3 Å². The number of amides is 1. The highest BCUT2D eigenvalue weighted by Gasteiger charge is 2.19. The van der Waals surface area contributed by atoms with Crippen molar-refractivity contribution in [1.82, 2.24) is 19.5 Å². The normalized spacial score (nSPS) is 13.9. The second-order valence-electron chi connectivity index (χ2n) is 8.27. The Morgan fingerprint density at radius 2 is 1.82 bits per heavy atom. The topological polar surface area (TPSA) is 95.9 Å². The van der Waals surface area contributed by atoms with E-state index in [1.54, 1.807) is 17.1 Å². The highest BCUT2D eigenvalue weighted by molar-refractivity contribution is 5.91. The first-order valence-corrected chi connectivity index (χ1v) is 11.3. The van der Waals surface area contributed by atoms with Gasteiger partial charge >= 0.3 is 0 Å². The van der Waals surface area contributed by atoms with Crippen molar-refractivity contribution in [3.05, 3.63) is 71.4 Å². The second-order valence-corrected chi connectivity index (χ2v) is 8.27. The van der Waals surface area contributed by atoms with Crippen LogP contribution >= 0.6 is 0 Å². The summed E-state index contributed by atoms with van der Waals surface area (Å²) in [5.74, 6) is 0.347. The fourth-order valence-corrected chi connectivity index (χ4v) is 4.30. The molecule has 168 valence electrons. The van der Waals surface area contributed by atoms with Crippen molar-refractivity contribution in [2.45, 2.75) is 32.2 Å². The van der Waals surface area contributed by atoms with Gasteiger partial charge in [-0.05, 0) is 49.1 Å². The number of aromatic nitrogens is 4. The molecule has 1 amide bonds. The van der Waals surface area contributed by atoms with Crippen molar-refractivity contribution >= 4 is 28.4 Å². The van der Waals surface area contributed by atoms with Gasteiger partial charge < -0.3 is 19.8 Å². The predicted molar refractivity (Wildman–Crippen MR) is 129 cm³/mol. The van der Waals surface area contributed by atoms with Crippen molar-refractivity contribution in [2.24, 2.45) is 0 Å². The lowest BCUT2D eigenvalue weighted by Gasteiger charge is -2.27. The molecular formula is C25H26N6O2. The Labute approximate surface area is 191 Å². The maximum atomic E-state index is 13.3. The zero-order valence-corrected chi connectivity index (χ0v) is 18.3. The minimum Gasteiger partial charge on any atom is -0.352 e. The van der Waals surface area contributed by atoms with Gasteiger partial charge in [0.25, 0.3) is 5.56 Å². The number of carbonyl (C=O) groups excluding carboxylic acids is 1. The second kappa shape index (κ2) is 9.28. The van der Waals surface area contributed by atoms with Crippen molar-refractivity contribution in [3.8, 4) is 11.3 Å². The lowest BCUT2D eigenvalue weighted by molar-refractivity contribution is -0.116. The molecule has 4 aromatic rings. The number of aromatic amines is 1. The average molecular weight is 443 g/mol. The van der Waals surface area contributed by atoms with Crippen LogP contribution in [0.25, 0.3) is 22.3 Å². The molecule has 33 heavy (non-hydrogen) atoms. The Hall–Kier alpha value is -3.94. The third kappa shape index (κ3) is 4.50. The van der Waals surface area contributed by atoms with E-state index < -0.39 is 0 Å². The minimum atomic E-state index is -0.142. The number of hydrogen-bond donors (Lipinski definition) is 2. The standard InChI is InChI=1S/C25H26N6O2/c32-23(28-19-10-8-18(9-11-19)21-16-26-17-27-21)12-15-31-22-7-3-2-6-20(22)29-24(25(31)33)30-13-4-1-5-14-30/h2-3,6-11,16-17H,1,4-5,12-15H2,(H,26,27)(H,28,32). The summed E-state index contributed by atoms with van der Waals surface area (Å²) in [6, 6.07) is 15.2. The van der Waals surface area contributed by atoms with E-state index in [0.29, 0.717) is 18.1 Å². The highest BCUT2D eigenvalue weighted by Crippen LogP contribution is 2.20. The van der Waals surface area contributed by atoms with E-state index in [0.717, 1.165) is 48.2 Å². The monoisotopic (exact) mass is 442 g/mol. The van der Waals surface area contributed by atoms with E-state index >= 15 is 0 Å². The smallest absolute Gasteiger partial charge is 0.294 e. The molecule has 0 saturated carbocycles. The van der Waals surface area contributed by atoms with Gasteiger partial charge in [0.2, 0.25) is 5.91 Å². The van der Waals surface area contributed by atoms with Gasteiger partial charge in [0.1, 0.15) is 0 Å². The lowest BCUT2D eigenvalue weighted by Crippen LogP contribution is -2.37. The molecule has 0 atom stereocenters. The SMILES string of the molecule is O=C(CCn1c(=O)c(N2CCCCC2)nc2ccccc21)Nc1ccc(-c2cnc[nH]2)cc1. The van der Waals surface area contributed by atoms with Gasteiger partial charge in [0.15, 0.2) is 5.82 Å². The molecule has 0 spiro atoms. The molecule has 5 rings (SSSR count). The molecule has 1 saturated heterocycles. The summed E-state index contributed by atoms with van der Waals surface area (Å²) in [5.41, 5.74) is 4.01. The van der Waals surface area contributed by atoms with Crippen LogP contribution in [-0.4, -0.2) is 38.5 Å². The molecule has 2 aromatic heterocycles. The zero-order valence-electron chi connectivity index (χ0n) is 18.3. The van der Waals surface area contributed by atoms with Crippen molar-refractivity contribution in [1.29, 1.82) is 0 Å². The van der Waals surface area contributed by atoms with Crippen LogP contribution in [0.15, 0.2) is 65.8 Å². The number of nitrogens with one attached hydrogen (secondary N) is 2.